The predicted molar refractivity (Wildman–Crippen MR) is 178 cm³/mol. The molecule has 0 radical (unpaired) electrons. The highest BCUT2D eigenvalue weighted by atomic mass is 32.2. The number of benzene rings is 2. The van der Waals surface area contributed by atoms with Gasteiger partial charge in [-0.05, 0) is 67.0 Å². The van der Waals surface area contributed by atoms with E-state index in [2.05, 4.69) is 28.5 Å². The van der Waals surface area contributed by atoms with Crippen LogP contribution >= 0.6 is 0 Å². The minimum absolute atomic E-state index is 0.128. The van der Waals surface area contributed by atoms with Gasteiger partial charge in [0.1, 0.15) is 18.7 Å². The summed E-state index contributed by atoms with van der Waals surface area (Å²) in [4.78, 5) is 6.02. The average molecular weight is 662 g/mol. The van der Waals surface area contributed by atoms with Crippen molar-refractivity contribution in [2.24, 2.45) is 5.41 Å². The molecular formula is C35H37F2N5O4S. The minimum atomic E-state index is -3.68. The Balaban J connectivity index is 1.44. The van der Waals surface area contributed by atoms with Gasteiger partial charge in [-0.25, -0.2) is 17.8 Å². The van der Waals surface area contributed by atoms with Gasteiger partial charge in [-0.2, -0.15) is 14.4 Å². The van der Waals surface area contributed by atoms with E-state index in [1.54, 1.807) is 49.5 Å². The van der Waals surface area contributed by atoms with Crippen LogP contribution in [0, 0.1) is 22.6 Å². The Morgan fingerprint density at radius 2 is 2.02 bits per heavy atom. The Kier molecular flexibility index (Phi) is 10.1. The number of nitrogens with one attached hydrogen (secondary N) is 2. The minimum Gasteiger partial charge on any atom is -0.473 e. The molecule has 5 rings (SSSR count). The van der Waals surface area contributed by atoms with Crippen molar-refractivity contribution in [2.45, 2.75) is 50.7 Å². The summed E-state index contributed by atoms with van der Waals surface area (Å²) < 4.78 is 64.0. The Morgan fingerprint density at radius 1 is 1.26 bits per heavy atom. The third-order valence-corrected chi connectivity index (χ3v) is 10.1. The van der Waals surface area contributed by atoms with Crippen molar-refractivity contribution in [3.05, 3.63) is 114 Å². The molecule has 0 spiro atoms. The van der Waals surface area contributed by atoms with Crippen molar-refractivity contribution in [1.82, 2.24) is 9.71 Å². The van der Waals surface area contributed by atoms with E-state index in [4.69, 9.17) is 10.00 Å². The molecule has 246 valence electrons. The Bertz CT molecular complexity index is 1860. The molecular weight excluding hydrogens is 624 g/mol. The van der Waals surface area contributed by atoms with Gasteiger partial charge in [-0.15, -0.1) is 0 Å². The number of ether oxygens (including phenoxy) is 1. The van der Waals surface area contributed by atoms with Gasteiger partial charge in [0.2, 0.25) is 15.9 Å². The van der Waals surface area contributed by atoms with Crippen LogP contribution in [-0.4, -0.2) is 37.4 Å². The summed E-state index contributed by atoms with van der Waals surface area (Å²) in [5, 5.41) is 22.4. The molecule has 2 aliphatic rings. The average Bonchev–Trinajstić information content (AvgIpc) is 4.00. The number of nitrogens with zero attached hydrogens (tertiary/aromatic N) is 3. The fraction of sp³-hybridized carbons (Fsp3) is 0.314. The van der Waals surface area contributed by atoms with Gasteiger partial charge in [0.25, 0.3) is 0 Å². The van der Waals surface area contributed by atoms with Crippen molar-refractivity contribution in [2.75, 3.05) is 23.8 Å². The van der Waals surface area contributed by atoms with Crippen LogP contribution in [0.4, 0.5) is 20.2 Å². The second kappa shape index (κ2) is 14.0. The number of allylic oxidation sites excluding steroid dienone is 4. The summed E-state index contributed by atoms with van der Waals surface area (Å²) >= 11 is 0. The van der Waals surface area contributed by atoms with Gasteiger partial charge in [0.15, 0.2) is 5.95 Å². The number of aliphatic hydroxyl groups excluding tert-OH is 1. The van der Waals surface area contributed by atoms with Crippen molar-refractivity contribution >= 4 is 27.0 Å². The Morgan fingerprint density at radius 3 is 2.66 bits per heavy atom. The maximum atomic E-state index is 16.6. The SMILES string of the molecule is C=C/C=C(\C=C(\F)N(CC1(C)CC1)c1cc(C(O)NS(=O)(=O)C2CC2)ccc1NC)c1cccc(OCc2ccc(C#N)cc2F)n1. The molecule has 1 atom stereocenters. The van der Waals surface area contributed by atoms with Crippen LogP contribution in [0.15, 0.2) is 85.4 Å². The first-order valence-electron chi connectivity index (χ1n) is 15.2. The van der Waals surface area contributed by atoms with E-state index in [-0.39, 0.29) is 34.6 Å². The van der Waals surface area contributed by atoms with Crippen LogP contribution in [0.2, 0.25) is 0 Å². The zero-order chi connectivity index (χ0) is 33.8. The molecule has 2 fully saturated rings. The van der Waals surface area contributed by atoms with Gasteiger partial charge >= 0.3 is 0 Å². The summed E-state index contributed by atoms with van der Waals surface area (Å²) in [6.45, 7) is 6.03. The first-order chi connectivity index (χ1) is 22.4. The van der Waals surface area contributed by atoms with Crippen LogP contribution in [-0.2, 0) is 16.6 Å². The largest absolute Gasteiger partial charge is 0.473 e. The first-order valence-corrected chi connectivity index (χ1v) is 16.8. The molecule has 3 N–H and O–H groups in total. The topological polar surface area (TPSA) is 128 Å². The van der Waals surface area contributed by atoms with Crippen molar-refractivity contribution in [3.8, 4) is 11.9 Å². The fourth-order valence-electron chi connectivity index (χ4n) is 4.96. The number of halogens is 2. The molecule has 9 nitrogen and oxygen atoms in total. The monoisotopic (exact) mass is 661 g/mol. The number of aliphatic hydroxyl groups is 1. The number of hydrogen-bond donors (Lipinski definition) is 3. The zero-order valence-corrected chi connectivity index (χ0v) is 27.0. The third-order valence-electron chi connectivity index (χ3n) is 8.19. The molecule has 47 heavy (non-hydrogen) atoms. The predicted octanol–water partition coefficient (Wildman–Crippen LogP) is 6.47. The normalized spacial score (nSPS) is 16.6. The van der Waals surface area contributed by atoms with Gasteiger partial charge in [0.05, 0.1) is 34.0 Å². The lowest BCUT2D eigenvalue weighted by atomic mass is 10.1. The fourth-order valence-corrected chi connectivity index (χ4v) is 6.36. The molecule has 0 saturated heterocycles. The molecule has 1 heterocycles. The van der Waals surface area contributed by atoms with Crippen molar-refractivity contribution in [1.29, 1.82) is 5.26 Å². The molecule has 2 aliphatic carbocycles. The van der Waals surface area contributed by atoms with Gasteiger partial charge in [-0.1, -0.05) is 43.9 Å². The van der Waals surface area contributed by atoms with Crippen LogP contribution in [0.3, 0.4) is 0 Å². The molecule has 12 heteroatoms. The summed E-state index contributed by atoms with van der Waals surface area (Å²) in [7, 11) is -1.98. The maximum absolute atomic E-state index is 16.6. The van der Waals surface area contributed by atoms with Crippen LogP contribution in [0.5, 0.6) is 5.88 Å². The lowest BCUT2D eigenvalue weighted by molar-refractivity contribution is 0.166. The number of aromatic nitrogens is 1. The number of rotatable bonds is 15. The Hall–Kier alpha value is -4.57. The second-order valence-corrected chi connectivity index (χ2v) is 14.1. The number of nitriles is 1. The van der Waals surface area contributed by atoms with E-state index in [1.807, 2.05) is 6.07 Å². The smallest absolute Gasteiger partial charge is 0.216 e. The molecule has 2 aromatic carbocycles. The summed E-state index contributed by atoms with van der Waals surface area (Å²) in [5.41, 5.74) is 2.34. The van der Waals surface area contributed by atoms with Crippen molar-refractivity contribution < 1.29 is 27.0 Å². The molecule has 2 saturated carbocycles. The summed E-state index contributed by atoms with van der Waals surface area (Å²) in [5.74, 6) is -0.995. The highest BCUT2D eigenvalue weighted by Crippen LogP contribution is 2.48. The molecule has 0 bridgehead atoms. The highest BCUT2D eigenvalue weighted by molar-refractivity contribution is 7.90. The van der Waals surface area contributed by atoms with Crippen LogP contribution < -0.4 is 19.7 Å². The molecule has 1 aromatic heterocycles. The lowest BCUT2D eigenvalue weighted by Gasteiger charge is -2.29. The quantitative estimate of drug-likeness (QED) is 0.0961. The van der Waals surface area contributed by atoms with Crippen molar-refractivity contribution in [3.63, 3.8) is 0 Å². The number of anilines is 2. The molecule has 0 amide bonds. The molecule has 1 unspecified atom stereocenters. The molecule has 3 aromatic rings. The van der Waals surface area contributed by atoms with E-state index >= 15 is 4.39 Å². The third kappa shape index (κ3) is 8.43. The van der Waals surface area contributed by atoms with Gasteiger partial charge in [0, 0.05) is 36.9 Å². The van der Waals surface area contributed by atoms with E-state index in [0.29, 0.717) is 42.0 Å². The summed E-state index contributed by atoms with van der Waals surface area (Å²) in [6, 6.07) is 15.8. The number of sulfonamides is 1. The first kappa shape index (κ1) is 33.8. The molecule has 0 aliphatic heterocycles. The van der Waals surface area contributed by atoms with Gasteiger partial charge < -0.3 is 20.1 Å². The van der Waals surface area contributed by atoms with Gasteiger partial charge in [-0.3, -0.25) is 0 Å². The standard InChI is InChI=1S/C35H37F2N5O4S/c1-4-6-24(29-7-5-8-33(40-29)46-21-26-10-9-23(20-38)17-28(26)36)19-32(37)42(22-35(2)15-16-35)31-18-25(11-14-30(31)39-3)34(43)41-47(44,45)27-12-13-27/h4-11,14,17-19,27,34,39,41,43H,1,12-13,15-16,21-22H2,2-3H3/b24-6+,32-19-. The van der Waals surface area contributed by atoms with Crippen LogP contribution in [0.25, 0.3) is 5.57 Å². The van der Waals surface area contributed by atoms with E-state index in [1.165, 1.54) is 29.2 Å². The zero-order valence-electron chi connectivity index (χ0n) is 26.2. The lowest BCUT2D eigenvalue weighted by Crippen LogP contribution is -2.32. The summed E-state index contributed by atoms with van der Waals surface area (Å²) in [6.07, 6.45) is 5.86. The second-order valence-electron chi connectivity index (χ2n) is 12.1. The maximum Gasteiger partial charge on any atom is 0.216 e. The van der Waals surface area contributed by atoms with E-state index in [9.17, 15) is 17.9 Å². The van der Waals surface area contributed by atoms with E-state index in [0.717, 1.165) is 18.9 Å². The highest BCUT2D eigenvalue weighted by Gasteiger charge is 2.41. The van der Waals surface area contributed by atoms with Crippen LogP contribution in [0.1, 0.15) is 61.2 Å². The number of hydrogen-bond acceptors (Lipinski definition) is 8. The van der Waals surface area contributed by atoms with E-state index < -0.39 is 33.3 Å². The Labute approximate surface area is 274 Å². The number of pyridine rings is 1.